The van der Waals surface area contributed by atoms with Crippen LogP contribution in [0.4, 0.5) is 13.2 Å². The molecule has 2 heterocycles. The lowest BCUT2D eigenvalue weighted by Crippen LogP contribution is -2.39. The summed E-state index contributed by atoms with van der Waals surface area (Å²) in [6.45, 7) is 0.694. The van der Waals surface area contributed by atoms with Gasteiger partial charge in [-0.25, -0.2) is 8.42 Å². The molecule has 2 aromatic heterocycles. The van der Waals surface area contributed by atoms with Gasteiger partial charge in [0.25, 0.3) is 0 Å². The third-order valence-corrected chi connectivity index (χ3v) is 9.89. The van der Waals surface area contributed by atoms with Gasteiger partial charge in [-0.05, 0) is 72.0 Å². The first kappa shape index (κ1) is 30.0. The van der Waals surface area contributed by atoms with Crippen LogP contribution in [0.15, 0.2) is 96.0 Å². The number of fused-ring (bicyclic) bond motifs is 1. The average Bonchev–Trinajstić information content (AvgIpc) is 3.40. The van der Waals surface area contributed by atoms with Crippen LogP contribution in [0.3, 0.4) is 0 Å². The summed E-state index contributed by atoms with van der Waals surface area (Å²) in [4.78, 5) is 4.91. The summed E-state index contributed by atoms with van der Waals surface area (Å²) >= 11 is 7.79. The number of benzene rings is 3. The summed E-state index contributed by atoms with van der Waals surface area (Å²) in [5, 5.41) is 11.3. The summed E-state index contributed by atoms with van der Waals surface area (Å²) in [6, 6.07) is 21.3. The second-order valence-electron chi connectivity index (χ2n) is 9.62. The van der Waals surface area contributed by atoms with E-state index in [0.29, 0.717) is 38.4 Å². The Morgan fingerprint density at radius 2 is 1.71 bits per heavy atom. The Morgan fingerprint density at radius 1 is 1.00 bits per heavy atom. The van der Waals surface area contributed by atoms with Crippen LogP contribution >= 0.6 is 22.9 Å². The van der Waals surface area contributed by atoms with Crippen molar-refractivity contribution in [1.82, 2.24) is 9.71 Å². The number of halogens is 4. The molecule has 0 aliphatic heterocycles. The number of methoxy groups -OCH3 is 1. The monoisotopic (exact) mass is 632 g/mol. The van der Waals surface area contributed by atoms with Crippen molar-refractivity contribution in [2.45, 2.75) is 29.6 Å². The molecule has 3 aromatic carbocycles. The fraction of sp³-hybridized carbons (Fsp3) is 0.167. The molecule has 6 nitrogen and oxygen atoms in total. The molecule has 5 aromatic rings. The van der Waals surface area contributed by atoms with Crippen molar-refractivity contribution < 1.29 is 31.4 Å². The molecule has 218 valence electrons. The maximum atomic E-state index is 13.5. The van der Waals surface area contributed by atoms with E-state index in [1.165, 1.54) is 42.8 Å². The highest BCUT2D eigenvalue weighted by Gasteiger charge is 2.51. The van der Waals surface area contributed by atoms with Crippen LogP contribution in [0.2, 0.25) is 5.02 Å². The maximum absolute atomic E-state index is 13.5. The van der Waals surface area contributed by atoms with E-state index >= 15 is 0 Å². The van der Waals surface area contributed by atoms with E-state index in [1.807, 2.05) is 12.1 Å². The smallest absolute Gasteiger partial charge is 0.421 e. The highest BCUT2D eigenvalue weighted by atomic mass is 35.5. The number of hydrogen-bond donors (Lipinski definition) is 2. The molecular formula is C30H24ClF3N2O4S2. The van der Waals surface area contributed by atoms with Gasteiger partial charge in [-0.2, -0.15) is 17.9 Å². The van der Waals surface area contributed by atoms with Crippen molar-refractivity contribution in [2.75, 3.05) is 7.11 Å². The number of aromatic nitrogens is 1. The number of hydrogen-bond acceptors (Lipinski definition) is 6. The Labute approximate surface area is 249 Å². The number of rotatable bonds is 8. The molecule has 12 heteroatoms. The standard InChI is InChI=1S/C30H24ClF3N2O4S2/c1-29(37,30(32,33)34)19-14-15-35-25(17-19)23-8-5-6-18-16-26(41-28(18)23)27(22-7-3-4-9-24(22)31)36-42(38,39)21-12-10-20(40-2)11-13-21/h3-17,27,36-37H,1-2H3/t27?,29-/m0/s1. The van der Waals surface area contributed by atoms with Gasteiger partial charge < -0.3 is 9.84 Å². The Morgan fingerprint density at radius 3 is 2.38 bits per heavy atom. The zero-order valence-electron chi connectivity index (χ0n) is 22.2. The molecule has 0 bridgehead atoms. The van der Waals surface area contributed by atoms with Crippen LogP contribution in [0.5, 0.6) is 5.75 Å². The molecule has 0 radical (unpaired) electrons. The minimum absolute atomic E-state index is 0.0277. The number of aliphatic hydroxyl groups is 1. The van der Waals surface area contributed by atoms with E-state index in [1.54, 1.807) is 48.5 Å². The fourth-order valence-corrected chi connectivity index (χ4v) is 7.20. The van der Waals surface area contributed by atoms with Crippen molar-refractivity contribution in [3.8, 4) is 17.0 Å². The quantitative estimate of drug-likeness (QED) is 0.185. The molecule has 42 heavy (non-hydrogen) atoms. The molecule has 0 aliphatic rings. The van der Waals surface area contributed by atoms with Crippen LogP contribution in [0, 0.1) is 0 Å². The molecule has 0 aliphatic carbocycles. The third-order valence-electron chi connectivity index (χ3n) is 6.86. The van der Waals surface area contributed by atoms with Gasteiger partial charge in [0.2, 0.25) is 10.0 Å². The first-order chi connectivity index (χ1) is 19.8. The topological polar surface area (TPSA) is 88.5 Å². The van der Waals surface area contributed by atoms with Crippen LogP contribution < -0.4 is 9.46 Å². The molecule has 0 amide bonds. The minimum atomic E-state index is -4.89. The van der Waals surface area contributed by atoms with Gasteiger partial charge in [0.1, 0.15) is 5.75 Å². The van der Waals surface area contributed by atoms with E-state index in [2.05, 4.69) is 9.71 Å². The maximum Gasteiger partial charge on any atom is 0.421 e. The van der Waals surface area contributed by atoms with Crippen molar-refractivity contribution in [3.05, 3.63) is 112 Å². The summed E-state index contributed by atoms with van der Waals surface area (Å²) in [7, 11) is -2.56. The number of ether oxygens (including phenoxy) is 1. The highest BCUT2D eigenvalue weighted by molar-refractivity contribution is 7.89. The molecule has 0 saturated carbocycles. The van der Waals surface area contributed by atoms with Crippen LogP contribution in [0.1, 0.15) is 29.0 Å². The number of pyridine rings is 1. The fourth-order valence-electron chi connectivity index (χ4n) is 4.43. The lowest BCUT2D eigenvalue weighted by molar-refractivity contribution is -0.258. The predicted molar refractivity (Wildman–Crippen MR) is 157 cm³/mol. The Bertz CT molecular complexity index is 1860. The van der Waals surface area contributed by atoms with Crippen molar-refractivity contribution in [1.29, 1.82) is 0 Å². The van der Waals surface area contributed by atoms with E-state index in [9.17, 15) is 26.7 Å². The van der Waals surface area contributed by atoms with Gasteiger partial charge in [0.05, 0.1) is 23.7 Å². The van der Waals surface area contributed by atoms with Gasteiger partial charge >= 0.3 is 6.18 Å². The van der Waals surface area contributed by atoms with E-state index < -0.39 is 27.8 Å². The number of sulfonamides is 1. The zero-order chi connectivity index (χ0) is 30.3. The third kappa shape index (κ3) is 5.75. The minimum Gasteiger partial charge on any atom is -0.497 e. The Balaban J connectivity index is 1.62. The van der Waals surface area contributed by atoms with Crippen molar-refractivity contribution in [2.24, 2.45) is 0 Å². The van der Waals surface area contributed by atoms with Crippen LogP contribution in [0.25, 0.3) is 21.3 Å². The number of thiophene rings is 1. The number of alkyl halides is 3. The first-order valence-electron chi connectivity index (χ1n) is 12.5. The van der Waals surface area contributed by atoms with Crippen molar-refractivity contribution in [3.63, 3.8) is 0 Å². The number of nitrogens with one attached hydrogen (secondary N) is 1. The Hall–Kier alpha value is -3.48. The van der Waals surface area contributed by atoms with Gasteiger partial charge in [0, 0.05) is 26.4 Å². The second kappa shape index (κ2) is 11.3. The summed E-state index contributed by atoms with van der Waals surface area (Å²) in [5.74, 6) is 0.503. The highest BCUT2D eigenvalue weighted by Crippen LogP contribution is 2.42. The van der Waals surface area contributed by atoms with Gasteiger partial charge in [-0.3, -0.25) is 4.98 Å². The average molecular weight is 633 g/mol. The van der Waals surface area contributed by atoms with Crippen LogP contribution in [-0.2, 0) is 15.6 Å². The predicted octanol–water partition coefficient (Wildman–Crippen LogP) is 7.46. The molecule has 0 spiro atoms. The first-order valence-corrected chi connectivity index (χ1v) is 15.2. The van der Waals surface area contributed by atoms with Crippen molar-refractivity contribution >= 4 is 43.0 Å². The SMILES string of the molecule is COc1ccc(S(=O)(=O)NC(c2cc3cccc(-c4cc([C@](C)(O)C(F)(F)F)ccn4)c3s2)c2ccccc2Cl)cc1. The van der Waals surface area contributed by atoms with Gasteiger partial charge in [0.15, 0.2) is 5.60 Å². The second-order valence-corrected chi connectivity index (χ2v) is 12.8. The molecule has 0 saturated heterocycles. The van der Waals surface area contributed by atoms with Gasteiger partial charge in [-0.15, -0.1) is 11.3 Å². The Kier molecular flexibility index (Phi) is 8.08. The molecule has 2 N–H and O–H groups in total. The number of nitrogens with zero attached hydrogens (tertiary/aromatic N) is 1. The molecular weight excluding hydrogens is 609 g/mol. The largest absolute Gasteiger partial charge is 0.497 e. The lowest BCUT2D eigenvalue weighted by Gasteiger charge is -2.26. The summed E-state index contributed by atoms with van der Waals surface area (Å²) in [5.41, 5.74) is -2.15. The summed E-state index contributed by atoms with van der Waals surface area (Å²) < 4.78 is 76.2. The van der Waals surface area contributed by atoms with E-state index in [0.717, 1.165) is 11.5 Å². The molecule has 1 unspecified atom stereocenters. The molecule has 0 fully saturated rings. The summed E-state index contributed by atoms with van der Waals surface area (Å²) in [6.07, 6.45) is -3.68. The van der Waals surface area contributed by atoms with Gasteiger partial charge in [-0.1, -0.05) is 48.0 Å². The zero-order valence-corrected chi connectivity index (χ0v) is 24.6. The normalized spacial score (nSPS) is 14.5. The molecule has 2 atom stereocenters. The van der Waals surface area contributed by atoms with E-state index in [-0.39, 0.29) is 16.2 Å². The lowest BCUT2D eigenvalue weighted by atomic mass is 9.94. The van der Waals surface area contributed by atoms with E-state index in [4.69, 9.17) is 16.3 Å². The molecule has 5 rings (SSSR count). The van der Waals surface area contributed by atoms with Crippen LogP contribution in [-0.4, -0.2) is 31.8 Å².